The number of nitrogens with zero attached hydrogens (tertiary/aromatic N) is 3. The highest BCUT2D eigenvalue weighted by Gasteiger charge is 2.22. The number of ether oxygens (including phenoxy) is 1. The van der Waals surface area contributed by atoms with Gasteiger partial charge in [-0.2, -0.15) is 4.98 Å². The number of hydrogen-bond donors (Lipinski definition) is 3. The van der Waals surface area contributed by atoms with Crippen molar-refractivity contribution in [2.24, 2.45) is 0 Å². The van der Waals surface area contributed by atoms with Gasteiger partial charge >= 0.3 is 0 Å². The maximum atomic E-state index is 12.5. The van der Waals surface area contributed by atoms with E-state index in [1.807, 2.05) is 0 Å². The Morgan fingerprint density at radius 3 is 2.65 bits per heavy atom. The SMILES string of the molecule is CCNS(=O)(=O)c1cc(Nc2ncc(Cl)c(Nc3ccc4c(c3)N(C)C(=O)CO4)n2)ccc1C. The van der Waals surface area contributed by atoms with Gasteiger partial charge in [0.1, 0.15) is 10.8 Å². The van der Waals surface area contributed by atoms with Crippen molar-refractivity contribution in [3.05, 3.63) is 53.2 Å². The first-order valence-electron chi connectivity index (χ1n) is 10.4. The van der Waals surface area contributed by atoms with Crippen molar-refractivity contribution < 1.29 is 17.9 Å². The number of amides is 1. The zero-order valence-electron chi connectivity index (χ0n) is 18.7. The van der Waals surface area contributed by atoms with Crippen molar-refractivity contribution in [2.75, 3.05) is 35.7 Å². The van der Waals surface area contributed by atoms with Crippen LogP contribution in [0.25, 0.3) is 0 Å². The highest BCUT2D eigenvalue weighted by molar-refractivity contribution is 7.89. The molecule has 2 aromatic carbocycles. The zero-order chi connectivity index (χ0) is 24.5. The van der Waals surface area contributed by atoms with Gasteiger partial charge in [-0.15, -0.1) is 0 Å². The summed E-state index contributed by atoms with van der Waals surface area (Å²) in [6.07, 6.45) is 1.43. The normalized spacial score (nSPS) is 13.3. The van der Waals surface area contributed by atoms with Crippen LogP contribution in [0.4, 0.5) is 28.8 Å². The fourth-order valence-electron chi connectivity index (χ4n) is 3.37. The average molecular weight is 503 g/mol. The molecule has 3 aromatic rings. The first-order chi connectivity index (χ1) is 16.2. The number of sulfonamides is 1. The van der Waals surface area contributed by atoms with Gasteiger partial charge < -0.3 is 20.3 Å². The molecule has 1 aliphatic rings. The van der Waals surface area contributed by atoms with Gasteiger partial charge in [0.25, 0.3) is 5.91 Å². The van der Waals surface area contributed by atoms with Gasteiger partial charge in [0, 0.05) is 25.0 Å². The number of likely N-dealkylation sites (N-methyl/N-ethyl adjacent to an activating group) is 1. The smallest absolute Gasteiger partial charge is 0.264 e. The summed E-state index contributed by atoms with van der Waals surface area (Å²) in [5, 5.41) is 6.42. The second kappa shape index (κ2) is 9.45. The van der Waals surface area contributed by atoms with E-state index < -0.39 is 10.0 Å². The van der Waals surface area contributed by atoms with E-state index in [2.05, 4.69) is 25.3 Å². The molecular formula is C22H23ClN6O4S. The van der Waals surface area contributed by atoms with Crippen LogP contribution in [0, 0.1) is 6.92 Å². The minimum Gasteiger partial charge on any atom is -0.482 e. The lowest BCUT2D eigenvalue weighted by atomic mass is 10.2. The number of rotatable bonds is 7. The molecule has 12 heteroatoms. The third-order valence-electron chi connectivity index (χ3n) is 5.12. The zero-order valence-corrected chi connectivity index (χ0v) is 20.3. The number of anilines is 5. The molecule has 0 atom stereocenters. The van der Waals surface area contributed by atoms with Crippen molar-refractivity contribution in [3.8, 4) is 5.75 Å². The first kappa shape index (κ1) is 23.7. The van der Waals surface area contributed by atoms with Crippen LogP contribution in [0.2, 0.25) is 5.02 Å². The Labute approximate surface area is 202 Å². The Kier molecular flexibility index (Phi) is 6.60. The van der Waals surface area contributed by atoms with Crippen LogP contribution >= 0.6 is 11.6 Å². The highest BCUT2D eigenvalue weighted by Crippen LogP contribution is 2.35. The second-order valence-electron chi connectivity index (χ2n) is 7.55. The Bertz CT molecular complexity index is 1370. The van der Waals surface area contributed by atoms with E-state index in [9.17, 15) is 13.2 Å². The monoisotopic (exact) mass is 502 g/mol. The van der Waals surface area contributed by atoms with Gasteiger partial charge in [0.2, 0.25) is 16.0 Å². The maximum absolute atomic E-state index is 12.5. The number of nitrogens with one attached hydrogen (secondary N) is 3. The molecule has 1 aliphatic heterocycles. The van der Waals surface area contributed by atoms with Crippen LogP contribution in [0.15, 0.2) is 47.5 Å². The summed E-state index contributed by atoms with van der Waals surface area (Å²) in [6.45, 7) is 3.73. The number of hydrogen-bond acceptors (Lipinski definition) is 8. The van der Waals surface area contributed by atoms with Gasteiger partial charge in [-0.1, -0.05) is 24.6 Å². The number of aromatic nitrogens is 2. The van der Waals surface area contributed by atoms with Crippen molar-refractivity contribution >= 4 is 56.4 Å². The minimum absolute atomic E-state index is 0.000421. The van der Waals surface area contributed by atoms with Crippen LogP contribution in [-0.2, 0) is 14.8 Å². The quantitative estimate of drug-likeness (QED) is 0.447. The lowest BCUT2D eigenvalue weighted by Crippen LogP contribution is -2.35. The van der Waals surface area contributed by atoms with Gasteiger partial charge in [0.15, 0.2) is 12.4 Å². The molecule has 3 N–H and O–H groups in total. The third-order valence-corrected chi connectivity index (χ3v) is 7.08. The molecule has 0 unspecified atom stereocenters. The summed E-state index contributed by atoms with van der Waals surface area (Å²) >= 11 is 6.29. The molecular weight excluding hydrogens is 480 g/mol. The Morgan fingerprint density at radius 1 is 1.15 bits per heavy atom. The summed E-state index contributed by atoms with van der Waals surface area (Å²) in [7, 11) is -1.95. The minimum atomic E-state index is -3.63. The predicted octanol–water partition coefficient (Wildman–Crippen LogP) is 3.58. The Balaban J connectivity index is 1.59. The lowest BCUT2D eigenvalue weighted by Gasteiger charge is -2.26. The highest BCUT2D eigenvalue weighted by atomic mass is 35.5. The molecule has 10 nitrogen and oxygen atoms in total. The Morgan fingerprint density at radius 2 is 1.88 bits per heavy atom. The molecule has 0 bridgehead atoms. The molecule has 0 aliphatic carbocycles. The topological polar surface area (TPSA) is 126 Å². The molecule has 178 valence electrons. The molecule has 2 heterocycles. The van der Waals surface area contributed by atoms with Crippen LogP contribution in [0.5, 0.6) is 5.75 Å². The summed E-state index contributed by atoms with van der Waals surface area (Å²) in [4.78, 5) is 22.2. The molecule has 0 radical (unpaired) electrons. The molecule has 1 amide bonds. The van der Waals surface area contributed by atoms with Crippen molar-refractivity contribution in [1.29, 1.82) is 0 Å². The molecule has 34 heavy (non-hydrogen) atoms. The molecule has 4 rings (SSSR count). The molecule has 0 fully saturated rings. The predicted molar refractivity (Wildman–Crippen MR) is 131 cm³/mol. The molecule has 0 spiro atoms. The number of carbonyl (C=O) groups excluding carboxylic acids is 1. The summed E-state index contributed by atoms with van der Waals surface area (Å²) < 4.78 is 32.9. The second-order valence-corrected chi connectivity index (χ2v) is 9.69. The summed E-state index contributed by atoms with van der Waals surface area (Å²) in [5.41, 5.74) is 2.39. The average Bonchev–Trinajstić information content (AvgIpc) is 2.80. The van der Waals surface area contributed by atoms with E-state index in [0.29, 0.717) is 34.2 Å². The Hall–Kier alpha value is -3.41. The van der Waals surface area contributed by atoms with Gasteiger partial charge in [-0.05, 0) is 42.8 Å². The van der Waals surface area contributed by atoms with E-state index in [4.69, 9.17) is 16.3 Å². The number of benzene rings is 2. The maximum Gasteiger partial charge on any atom is 0.264 e. The molecule has 0 saturated carbocycles. The van der Waals surface area contributed by atoms with Crippen molar-refractivity contribution in [3.63, 3.8) is 0 Å². The first-order valence-corrected chi connectivity index (χ1v) is 12.2. The van der Waals surface area contributed by atoms with Crippen LogP contribution in [0.3, 0.4) is 0 Å². The third kappa shape index (κ3) is 4.91. The van der Waals surface area contributed by atoms with Crippen LogP contribution in [0.1, 0.15) is 12.5 Å². The van der Waals surface area contributed by atoms with E-state index >= 15 is 0 Å². The summed E-state index contributed by atoms with van der Waals surface area (Å²) in [5.74, 6) is 1.00. The van der Waals surface area contributed by atoms with Gasteiger partial charge in [-0.25, -0.2) is 18.1 Å². The number of fused-ring (bicyclic) bond motifs is 1. The van der Waals surface area contributed by atoms with E-state index in [0.717, 1.165) is 0 Å². The largest absolute Gasteiger partial charge is 0.482 e. The number of aryl methyl sites for hydroxylation is 1. The van der Waals surface area contributed by atoms with Crippen LogP contribution < -0.4 is 25.0 Å². The fraction of sp³-hybridized carbons (Fsp3) is 0.227. The van der Waals surface area contributed by atoms with Gasteiger partial charge in [0.05, 0.1) is 16.8 Å². The van der Waals surface area contributed by atoms with Crippen LogP contribution in [-0.4, -0.2) is 44.5 Å². The van der Waals surface area contributed by atoms with Gasteiger partial charge in [-0.3, -0.25) is 4.79 Å². The standard InChI is InChI=1S/C22H23ClN6O4S/c1-4-25-34(31,32)19-10-15(6-5-13(19)2)27-22-24-11-16(23)21(28-22)26-14-7-8-18-17(9-14)29(3)20(30)12-33-18/h5-11,25H,4,12H2,1-3H3,(H2,24,26,27,28). The van der Waals surface area contributed by atoms with E-state index in [-0.39, 0.29) is 34.9 Å². The van der Waals surface area contributed by atoms with E-state index in [1.54, 1.807) is 51.2 Å². The molecule has 1 aromatic heterocycles. The number of halogens is 1. The number of carbonyl (C=O) groups is 1. The fourth-order valence-corrected chi connectivity index (χ4v) is 4.81. The summed E-state index contributed by atoms with van der Waals surface area (Å²) in [6, 6.07) is 10.3. The van der Waals surface area contributed by atoms with Crippen molar-refractivity contribution in [1.82, 2.24) is 14.7 Å². The van der Waals surface area contributed by atoms with Crippen molar-refractivity contribution in [2.45, 2.75) is 18.7 Å². The van der Waals surface area contributed by atoms with E-state index in [1.165, 1.54) is 17.2 Å². The lowest BCUT2D eigenvalue weighted by molar-refractivity contribution is -0.120. The molecule has 0 saturated heterocycles.